The molecule has 1 saturated carbocycles. The van der Waals surface area contributed by atoms with E-state index in [0.29, 0.717) is 18.6 Å². The van der Waals surface area contributed by atoms with Gasteiger partial charge >= 0.3 is 0 Å². The number of aryl methyl sites for hydroxylation is 1. The summed E-state index contributed by atoms with van der Waals surface area (Å²) >= 11 is 0. The average molecular weight is 426 g/mol. The summed E-state index contributed by atoms with van der Waals surface area (Å²) in [7, 11) is 5.53. The third-order valence-electron chi connectivity index (χ3n) is 6.39. The summed E-state index contributed by atoms with van der Waals surface area (Å²) in [5.41, 5.74) is 2.45. The zero-order valence-electron chi connectivity index (χ0n) is 19.0. The molecule has 31 heavy (non-hydrogen) atoms. The zero-order chi connectivity index (χ0) is 21.6. The molecule has 7 heteroatoms. The summed E-state index contributed by atoms with van der Waals surface area (Å²) in [5, 5.41) is 7.85. The molecular formula is C24H35N5O2. The predicted octanol–water partition coefficient (Wildman–Crippen LogP) is 3.39. The number of rotatable bonds is 7. The number of guanidine groups is 1. The Balaban J connectivity index is 1.36. The van der Waals surface area contributed by atoms with Crippen LogP contribution in [0.5, 0.6) is 11.5 Å². The molecule has 2 heterocycles. The number of benzene rings is 1. The number of hydrogen-bond donors (Lipinski definition) is 1. The summed E-state index contributed by atoms with van der Waals surface area (Å²) in [6, 6.07) is 6.11. The topological polar surface area (TPSA) is 63.9 Å². The van der Waals surface area contributed by atoms with Gasteiger partial charge in [-0.2, -0.15) is 5.10 Å². The van der Waals surface area contributed by atoms with E-state index in [1.165, 1.54) is 24.8 Å². The molecule has 0 spiro atoms. The standard InChI is InChI=1S/C24H35N5O2/c1-25-24(29-11-10-18(17-29)12-19-14-27-28(2)16-19)26-15-20-8-9-22(30-3)13-23(20)31-21-6-4-5-7-21/h8-9,13-14,16,18,21H,4-7,10-12,15,17H2,1-3H3,(H,25,26). The Morgan fingerprint density at radius 3 is 2.81 bits per heavy atom. The van der Waals surface area contributed by atoms with Crippen LogP contribution in [0.3, 0.4) is 0 Å². The van der Waals surface area contributed by atoms with E-state index in [4.69, 9.17) is 9.47 Å². The Hall–Kier alpha value is -2.70. The molecule has 168 valence electrons. The average Bonchev–Trinajstić information content (AvgIpc) is 3.53. The molecule has 0 radical (unpaired) electrons. The number of likely N-dealkylation sites (tertiary alicyclic amines) is 1. The van der Waals surface area contributed by atoms with E-state index in [2.05, 4.69) is 32.6 Å². The molecule has 2 fully saturated rings. The molecule has 1 N–H and O–H groups in total. The van der Waals surface area contributed by atoms with Gasteiger partial charge in [-0.05, 0) is 62.1 Å². The summed E-state index contributed by atoms with van der Waals surface area (Å²) < 4.78 is 13.6. The Morgan fingerprint density at radius 1 is 1.26 bits per heavy atom. The minimum absolute atomic E-state index is 0.317. The Bertz CT molecular complexity index is 888. The van der Waals surface area contributed by atoms with Crippen molar-refractivity contribution in [2.24, 2.45) is 18.0 Å². The third-order valence-corrected chi connectivity index (χ3v) is 6.39. The van der Waals surface area contributed by atoms with Crippen LogP contribution in [-0.4, -0.2) is 54.0 Å². The second kappa shape index (κ2) is 10.1. The van der Waals surface area contributed by atoms with E-state index in [9.17, 15) is 0 Å². The number of nitrogens with zero attached hydrogens (tertiary/aromatic N) is 4. The highest BCUT2D eigenvalue weighted by Gasteiger charge is 2.25. The number of aliphatic imine (C=N–C) groups is 1. The molecule has 1 unspecified atom stereocenters. The maximum absolute atomic E-state index is 6.34. The van der Waals surface area contributed by atoms with Crippen molar-refractivity contribution in [3.63, 3.8) is 0 Å². The fourth-order valence-electron chi connectivity index (χ4n) is 4.71. The van der Waals surface area contributed by atoms with Crippen molar-refractivity contribution in [1.29, 1.82) is 0 Å². The summed E-state index contributed by atoms with van der Waals surface area (Å²) in [6.07, 6.45) is 11.4. The summed E-state index contributed by atoms with van der Waals surface area (Å²) in [6.45, 7) is 2.73. The van der Waals surface area contributed by atoms with Crippen LogP contribution in [0.15, 0.2) is 35.6 Å². The lowest BCUT2D eigenvalue weighted by Gasteiger charge is -2.23. The van der Waals surface area contributed by atoms with Gasteiger partial charge in [-0.15, -0.1) is 0 Å². The second-order valence-corrected chi connectivity index (χ2v) is 8.73. The molecule has 2 aliphatic rings. The minimum Gasteiger partial charge on any atom is -0.497 e. The van der Waals surface area contributed by atoms with Crippen LogP contribution in [0, 0.1) is 5.92 Å². The normalized spacial score (nSPS) is 19.8. The van der Waals surface area contributed by atoms with E-state index < -0.39 is 0 Å². The van der Waals surface area contributed by atoms with Gasteiger partial charge in [0.2, 0.25) is 0 Å². The molecule has 7 nitrogen and oxygen atoms in total. The largest absolute Gasteiger partial charge is 0.497 e. The van der Waals surface area contributed by atoms with Gasteiger partial charge in [0, 0.05) is 51.6 Å². The van der Waals surface area contributed by atoms with Gasteiger partial charge in [0.25, 0.3) is 0 Å². The van der Waals surface area contributed by atoms with Crippen LogP contribution in [0.2, 0.25) is 0 Å². The molecule has 0 bridgehead atoms. The quantitative estimate of drug-likeness (QED) is 0.544. The van der Waals surface area contributed by atoms with E-state index >= 15 is 0 Å². The van der Waals surface area contributed by atoms with Crippen LogP contribution in [0.4, 0.5) is 0 Å². The number of nitrogens with one attached hydrogen (secondary N) is 1. The minimum atomic E-state index is 0.317. The van der Waals surface area contributed by atoms with Crippen LogP contribution in [-0.2, 0) is 20.0 Å². The molecular weight excluding hydrogens is 390 g/mol. The van der Waals surface area contributed by atoms with Gasteiger partial charge in [-0.1, -0.05) is 0 Å². The molecule has 4 rings (SSSR count). The number of ether oxygens (including phenoxy) is 2. The molecule has 1 saturated heterocycles. The Morgan fingerprint density at radius 2 is 2.10 bits per heavy atom. The molecule has 1 aliphatic carbocycles. The highest BCUT2D eigenvalue weighted by Crippen LogP contribution is 2.30. The Kier molecular flexibility index (Phi) is 6.99. The van der Waals surface area contributed by atoms with Crippen LogP contribution >= 0.6 is 0 Å². The number of aromatic nitrogens is 2. The number of methoxy groups -OCH3 is 1. The maximum atomic E-state index is 6.34. The van der Waals surface area contributed by atoms with Gasteiger partial charge in [-0.3, -0.25) is 9.67 Å². The van der Waals surface area contributed by atoms with E-state index in [1.54, 1.807) is 7.11 Å². The highest BCUT2D eigenvalue weighted by molar-refractivity contribution is 5.80. The lowest BCUT2D eigenvalue weighted by atomic mass is 10.0. The first-order chi connectivity index (χ1) is 15.1. The van der Waals surface area contributed by atoms with Crippen LogP contribution < -0.4 is 14.8 Å². The van der Waals surface area contributed by atoms with Crippen LogP contribution in [0.25, 0.3) is 0 Å². The second-order valence-electron chi connectivity index (χ2n) is 8.73. The molecule has 1 aromatic carbocycles. The van der Waals surface area contributed by atoms with Gasteiger partial charge in [-0.25, -0.2) is 0 Å². The van der Waals surface area contributed by atoms with E-state index in [1.807, 2.05) is 37.1 Å². The lowest BCUT2D eigenvalue weighted by Crippen LogP contribution is -2.39. The van der Waals surface area contributed by atoms with Crippen molar-refractivity contribution in [3.8, 4) is 11.5 Å². The zero-order valence-corrected chi connectivity index (χ0v) is 19.0. The lowest BCUT2D eigenvalue weighted by molar-refractivity contribution is 0.207. The Labute approximate surface area is 185 Å². The molecule has 1 aromatic heterocycles. The SMILES string of the molecule is CN=C(NCc1ccc(OC)cc1OC1CCCC1)N1CCC(Cc2cnn(C)c2)C1. The molecule has 0 amide bonds. The van der Waals surface area contributed by atoms with Crippen LogP contribution in [0.1, 0.15) is 43.2 Å². The summed E-state index contributed by atoms with van der Waals surface area (Å²) in [5.74, 6) is 3.34. The van der Waals surface area contributed by atoms with Crippen molar-refractivity contribution >= 4 is 5.96 Å². The third kappa shape index (κ3) is 5.51. The first-order valence-corrected chi connectivity index (χ1v) is 11.4. The van der Waals surface area contributed by atoms with Gasteiger partial charge in [0.05, 0.1) is 19.4 Å². The molecule has 1 atom stereocenters. The fraction of sp³-hybridized carbons (Fsp3) is 0.583. The van der Waals surface area contributed by atoms with Crippen molar-refractivity contribution < 1.29 is 9.47 Å². The highest BCUT2D eigenvalue weighted by atomic mass is 16.5. The summed E-state index contributed by atoms with van der Waals surface area (Å²) in [4.78, 5) is 6.91. The smallest absolute Gasteiger partial charge is 0.193 e. The molecule has 2 aromatic rings. The van der Waals surface area contributed by atoms with E-state index in [-0.39, 0.29) is 0 Å². The monoisotopic (exact) mass is 425 g/mol. The van der Waals surface area contributed by atoms with E-state index in [0.717, 1.165) is 55.4 Å². The van der Waals surface area contributed by atoms with Crippen molar-refractivity contribution in [2.75, 3.05) is 27.2 Å². The predicted molar refractivity (Wildman–Crippen MR) is 123 cm³/mol. The first kappa shape index (κ1) is 21.5. The van der Waals surface area contributed by atoms with Gasteiger partial charge in [0.15, 0.2) is 5.96 Å². The maximum Gasteiger partial charge on any atom is 0.193 e. The van der Waals surface area contributed by atoms with Crippen molar-refractivity contribution in [3.05, 3.63) is 41.7 Å². The first-order valence-electron chi connectivity index (χ1n) is 11.4. The van der Waals surface area contributed by atoms with Gasteiger partial charge in [0.1, 0.15) is 11.5 Å². The molecule has 1 aliphatic heterocycles. The fourth-order valence-corrected chi connectivity index (χ4v) is 4.71. The van der Waals surface area contributed by atoms with Crippen molar-refractivity contribution in [1.82, 2.24) is 20.0 Å². The van der Waals surface area contributed by atoms with Crippen molar-refractivity contribution in [2.45, 2.75) is 51.2 Å². The number of hydrogen-bond acceptors (Lipinski definition) is 4. The van der Waals surface area contributed by atoms with Gasteiger partial charge < -0.3 is 19.7 Å².